The smallest absolute Gasteiger partial charge is 0.277 e. The van der Waals surface area contributed by atoms with Crippen molar-refractivity contribution in [1.82, 2.24) is 19.5 Å². The molecule has 2 rings (SSSR count). The molecule has 0 radical (unpaired) electrons. The number of nitrogens with one attached hydrogen (secondary N) is 1. The van der Waals surface area contributed by atoms with Crippen molar-refractivity contribution in [3.8, 4) is 0 Å². The van der Waals surface area contributed by atoms with Crippen LogP contribution in [0.25, 0.3) is 11.2 Å². The number of aryl methyl sites for hydroxylation is 2. The highest BCUT2D eigenvalue weighted by atomic mass is 79.9. The van der Waals surface area contributed by atoms with Gasteiger partial charge in [-0.2, -0.15) is 0 Å². The number of aromatic nitrogens is 4. The van der Waals surface area contributed by atoms with E-state index in [4.69, 9.17) is 0 Å². The number of aromatic amines is 1. The molecule has 6 heteroatoms. The summed E-state index contributed by atoms with van der Waals surface area (Å²) in [5.74, 6) is 0.770. The molecular formula is C7H7BrN4O. The maximum atomic E-state index is 11.4. The number of imidazole rings is 1. The molecule has 0 fully saturated rings. The lowest BCUT2D eigenvalue weighted by Gasteiger charge is -1.94. The summed E-state index contributed by atoms with van der Waals surface area (Å²) in [7, 11) is 1.79. The lowest BCUT2D eigenvalue weighted by Crippen LogP contribution is -2.11. The maximum absolute atomic E-state index is 11.4. The van der Waals surface area contributed by atoms with Gasteiger partial charge in [-0.3, -0.25) is 9.78 Å². The molecule has 5 nitrogen and oxygen atoms in total. The first kappa shape index (κ1) is 8.43. The van der Waals surface area contributed by atoms with Crippen LogP contribution in [0, 0.1) is 6.92 Å². The molecule has 0 unspecified atom stereocenters. The quantitative estimate of drug-likeness (QED) is 0.693. The standard InChI is InChI=1S/C7H7BrN4O/c1-3-9-5-4(12(3)2)6(13)11-7(8)10-5/h1-2H3,(H,10,11,13). The minimum atomic E-state index is -0.181. The van der Waals surface area contributed by atoms with Crippen molar-refractivity contribution in [2.45, 2.75) is 6.92 Å². The average Bonchev–Trinajstić information content (AvgIpc) is 2.27. The highest BCUT2D eigenvalue weighted by molar-refractivity contribution is 9.10. The van der Waals surface area contributed by atoms with Crippen molar-refractivity contribution < 1.29 is 0 Å². The summed E-state index contributed by atoms with van der Waals surface area (Å²) in [6, 6.07) is 0. The van der Waals surface area contributed by atoms with Crippen molar-refractivity contribution in [1.29, 1.82) is 0 Å². The van der Waals surface area contributed by atoms with Crippen LogP contribution in [-0.2, 0) is 7.05 Å². The van der Waals surface area contributed by atoms with Gasteiger partial charge in [-0.25, -0.2) is 9.97 Å². The van der Waals surface area contributed by atoms with E-state index >= 15 is 0 Å². The fraction of sp³-hybridized carbons (Fsp3) is 0.286. The highest BCUT2D eigenvalue weighted by Crippen LogP contribution is 2.09. The summed E-state index contributed by atoms with van der Waals surface area (Å²) in [6.07, 6.45) is 0. The van der Waals surface area contributed by atoms with Crippen molar-refractivity contribution in [3.05, 3.63) is 20.9 Å². The number of halogens is 1. The lowest BCUT2D eigenvalue weighted by molar-refractivity contribution is 0.880. The predicted octanol–water partition coefficient (Wildman–Crippen LogP) is 0.728. The SMILES string of the molecule is Cc1nc2nc(Br)[nH]c(=O)c2n1C. The molecule has 0 saturated carbocycles. The molecule has 0 aliphatic heterocycles. The van der Waals surface area contributed by atoms with Gasteiger partial charge in [0.2, 0.25) is 0 Å². The molecule has 0 atom stereocenters. The fourth-order valence-corrected chi connectivity index (χ4v) is 1.55. The summed E-state index contributed by atoms with van der Waals surface area (Å²) < 4.78 is 2.12. The van der Waals surface area contributed by atoms with Gasteiger partial charge in [0.1, 0.15) is 5.82 Å². The molecule has 13 heavy (non-hydrogen) atoms. The van der Waals surface area contributed by atoms with Crippen LogP contribution in [0.3, 0.4) is 0 Å². The minimum absolute atomic E-state index is 0.181. The number of hydrogen-bond donors (Lipinski definition) is 1. The van der Waals surface area contributed by atoms with E-state index in [9.17, 15) is 4.79 Å². The zero-order chi connectivity index (χ0) is 9.59. The molecule has 2 heterocycles. The average molecular weight is 243 g/mol. The van der Waals surface area contributed by atoms with E-state index in [0.717, 1.165) is 5.82 Å². The van der Waals surface area contributed by atoms with Gasteiger partial charge in [0.15, 0.2) is 15.9 Å². The molecule has 0 saturated heterocycles. The first-order valence-corrected chi connectivity index (χ1v) is 4.47. The van der Waals surface area contributed by atoms with Gasteiger partial charge in [0, 0.05) is 7.05 Å². The van der Waals surface area contributed by atoms with E-state index in [1.54, 1.807) is 11.6 Å². The number of rotatable bonds is 0. The first-order chi connectivity index (χ1) is 6.09. The largest absolute Gasteiger partial charge is 0.325 e. The number of fused-ring (bicyclic) bond motifs is 1. The third kappa shape index (κ3) is 1.17. The maximum Gasteiger partial charge on any atom is 0.277 e. The Hall–Kier alpha value is -1.17. The topological polar surface area (TPSA) is 63.6 Å². The van der Waals surface area contributed by atoms with Crippen molar-refractivity contribution in [3.63, 3.8) is 0 Å². The minimum Gasteiger partial charge on any atom is -0.325 e. The zero-order valence-electron chi connectivity index (χ0n) is 7.13. The monoisotopic (exact) mass is 242 g/mol. The Bertz CT molecular complexity index is 527. The molecule has 0 spiro atoms. The van der Waals surface area contributed by atoms with E-state index in [-0.39, 0.29) is 5.56 Å². The van der Waals surface area contributed by atoms with Gasteiger partial charge in [0.05, 0.1) is 0 Å². The van der Waals surface area contributed by atoms with Crippen LogP contribution in [0.15, 0.2) is 9.53 Å². The van der Waals surface area contributed by atoms with Crippen LogP contribution in [0.1, 0.15) is 5.82 Å². The molecule has 68 valence electrons. The molecule has 0 aromatic carbocycles. The van der Waals surface area contributed by atoms with E-state index in [2.05, 4.69) is 30.9 Å². The molecule has 0 amide bonds. The van der Waals surface area contributed by atoms with E-state index < -0.39 is 0 Å². The van der Waals surface area contributed by atoms with Crippen LogP contribution in [0.4, 0.5) is 0 Å². The van der Waals surface area contributed by atoms with Crippen LogP contribution < -0.4 is 5.56 Å². The van der Waals surface area contributed by atoms with Crippen LogP contribution >= 0.6 is 15.9 Å². The van der Waals surface area contributed by atoms with E-state index in [1.165, 1.54) is 0 Å². The third-order valence-electron chi connectivity index (χ3n) is 1.94. The Morgan fingerprint density at radius 1 is 1.46 bits per heavy atom. The molecule has 2 aromatic rings. The van der Waals surface area contributed by atoms with Gasteiger partial charge < -0.3 is 4.57 Å². The second kappa shape index (κ2) is 2.66. The summed E-state index contributed by atoms with van der Waals surface area (Å²) in [5, 5.41) is 0. The van der Waals surface area contributed by atoms with E-state index in [0.29, 0.717) is 15.9 Å². The first-order valence-electron chi connectivity index (χ1n) is 3.68. The lowest BCUT2D eigenvalue weighted by atomic mass is 10.5. The third-order valence-corrected chi connectivity index (χ3v) is 2.31. The van der Waals surface area contributed by atoms with Gasteiger partial charge in [-0.1, -0.05) is 0 Å². The Kier molecular flexibility index (Phi) is 1.73. The number of nitrogens with zero attached hydrogens (tertiary/aromatic N) is 3. The number of H-pyrrole nitrogens is 1. The second-order valence-electron chi connectivity index (χ2n) is 2.75. The highest BCUT2D eigenvalue weighted by Gasteiger charge is 2.09. The Morgan fingerprint density at radius 3 is 2.85 bits per heavy atom. The van der Waals surface area contributed by atoms with Gasteiger partial charge >= 0.3 is 0 Å². The summed E-state index contributed by atoms with van der Waals surface area (Å²) in [6.45, 7) is 1.83. The normalized spacial score (nSPS) is 11.0. The predicted molar refractivity (Wildman–Crippen MR) is 51.6 cm³/mol. The van der Waals surface area contributed by atoms with Gasteiger partial charge in [0.25, 0.3) is 5.56 Å². The Labute approximate surface area is 82.0 Å². The van der Waals surface area contributed by atoms with Crippen molar-refractivity contribution in [2.24, 2.45) is 7.05 Å². The molecule has 0 aliphatic carbocycles. The zero-order valence-corrected chi connectivity index (χ0v) is 8.71. The molecule has 2 aromatic heterocycles. The molecule has 1 N–H and O–H groups in total. The van der Waals surface area contributed by atoms with Gasteiger partial charge in [-0.05, 0) is 22.9 Å². The Balaban J connectivity index is 3.03. The van der Waals surface area contributed by atoms with Gasteiger partial charge in [-0.15, -0.1) is 0 Å². The second-order valence-corrected chi connectivity index (χ2v) is 3.50. The molecule has 0 bridgehead atoms. The van der Waals surface area contributed by atoms with Crippen molar-refractivity contribution >= 4 is 27.1 Å². The van der Waals surface area contributed by atoms with Crippen molar-refractivity contribution in [2.75, 3.05) is 0 Å². The number of hydrogen-bond acceptors (Lipinski definition) is 3. The Morgan fingerprint density at radius 2 is 2.15 bits per heavy atom. The molecule has 0 aliphatic rings. The van der Waals surface area contributed by atoms with Crippen LogP contribution in [0.5, 0.6) is 0 Å². The molecular weight excluding hydrogens is 236 g/mol. The summed E-state index contributed by atoms with van der Waals surface area (Å²) in [4.78, 5) is 22.2. The summed E-state index contributed by atoms with van der Waals surface area (Å²) >= 11 is 3.10. The van der Waals surface area contributed by atoms with E-state index in [1.807, 2.05) is 6.92 Å². The fourth-order valence-electron chi connectivity index (χ4n) is 1.20. The summed E-state index contributed by atoms with van der Waals surface area (Å²) in [5.41, 5.74) is 0.788. The van der Waals surface area contributed by atoms with Crippen LogP contribution in [0.2, 0.25) is 0 Å². The van der Waals surface area contributed by atoms with Crippen LogP contribution in [-0.4, -0.2) is 19.5 Å².